The summed E-state index contributed by atoms with van der Waals surface area (Å²) >= 11 is 0. The molecule has 3 aromatic rings. The molecule has 0 radical (unpaired) electrons. The smallest absolute Gasteiger partial charge is 0.134 e. The first-order valence-electron chi connectivity index (χ1n) is 13.6. The lowest BCUT2D eigenvalue weighted by Crippen LogP contribution is -2.27. The molecule has 3 nitrogen and oxygen atoms in total. The van der Waals surface area contributed by atoms with Crippen LogP contribution >= 0.6 is 0 Å². The Bertz CT molecular complexity index is 1070. The topological polar surface area (TPSA) is 48.0 Å². The highest BCUT2D eigenvalue weighted by Crippen LogP contribution is 2.37. The SMILES string of the molecule is NC1CCC(CC(=O)CC(c2ccccc2)c2cn(CC3CCCCC3)c3ccccc23)CC1. The summed E-state index contributed by atoms with van der Waals surface area (Å²) in [6.45, 7) is 1.10. The summed E-state index contributed by atoms with van der Waals surface area (Å²) in [5.41, 5.74) is 9.98. The summed E-state index contributed by atoms with van der Waals surface area (Å²) in [5.74, 6) is 1.79. The quantitative estimate of drug-likeness (QED) is 0.389. The number of ketones is 1. The maximum atomic E-state index is 13.4. The highest BCUT2D eigenvalue weighted by molar-refractivity contribution is 5.87. The Morgan fingerprint density at radius 3 is 2.32 bits per heavy atom. The molecule has 3 heteroatoms. The minimum Gasteiger partial charge on any atom is -0.347 e. The molecule has 0 aliphatic heterocycles. The molecule has 1 aromatic heterocycles. The van der Waals surface area contributed by atoms with Gasteiger partial charge in [0, 0.05) is 48.4 Å². The highest BCUT2D eigenvalue weighted by atomic mass is 16.1. The largest absolute Gasteiger partial charge is 0.347 e. The molecule has 2 N–H and O–H groups in total. The molecule has 5 rings (SSSR count). The van der Waals surface area contributed by atoms with Crippen molar-refractivity contribution in [2.24, 2.45) is 17.6 Å². The first kappa shape index (κ1) is 23.4. The summed E-state index contributed by atoms with van der Waals surface area (Å²) in [7, 11) is 0. The van der Waals surface area contributed by atoms with Crippen molar-refractivity contribution in [2.75, 3.05) is 0 Å². The van der Waals surface area contributed by atoms with Crippen LogP contribution in [0.1, 0.15) is 87.7 Å². The maximum absolute atomic E-state index is 13.4. The van der Waals surface area contributed by atoms with Crippen LogP contribution in [-0.2, 0) is 11.3 Å². The number of hydrogen-bond acceptors (Lipinski definition) is 2. The lowest BCUT2D eigenvalue weighted by atomic mass is 9.80. The Kier molecular flexibility index (Phi) is 7.49. The summed E-state index contributed by atoms with van der Waals surface area (Å²) in [6.07, 6.45) is 14.8. The Balaban J connectivity index is 1.43. The molecule has 2 aromatic carbocycles. The third kappa shape index (κ3) is 5.46. The molecule has 1 unspecified atom stereocenters. The Hall–Kier alpha value is -2.39. The molecule has 2 saturated carbocycles. The fourth-order valence-corrected chi connectivity index (χ4v) is 6.47. The molecular weight excluding hydrogens is 416 g/mol. The van der Waals surface area contributed by atoms with E-state index in [1.165, 1.54) is 54.1 Å². The number of fused-ring (bicyclic) bond motifs is 1. The van der Waals surface area contributed by atoms with Gasteiger partial charge >= 0.3 is 0 Å². The van der Waals surface area contributed by atoms with Gasteiger partial charge in [-0.25, -0.2) is 0 Å². The van der Waals surface area contributed by atoms with E-state index in [0.717, 1.165) is 38.1 Å². The van der Waals surface area contributed by atoms with Crippen molar-refractivity contribution in [3.8, 4) is 0 Å². The van der Waals surface area contributed by atoms with Crippen LogP contribution in [0.4, 0.5) is 0 Å². The second-order valence-electron chi connectivity index (χ2n) is 10.9. The van der Waals surface area contributed by atoms with Gasteiger partial charge < -0.3 is 10.3 Å². The number of Topliss-reactive ketones (excluding diaryl/α,β-unsaturated/α-hetero) is 1. The van der Waals surface area contributed by atoms with E-state index >= 15 is 0 Å². The number of nitrogens with two attached hydrogens (primary N) is 1. The number of carbonyl (C=O) groups excluding carboxylic acids is 1. The van der Waals surface area contributed by atoms with Crippen molar-refractivity contribution >= 4 is 16.7 Å². The minimum absolute atomic E-state index is 0.108. The van der Waals surface area contributed by atoms with Crippen molar-refractivity contribution in [1.82, 2.24) is 4.57 Å². The number of aromatic nitrogens is 1. The zero-order chi connectivity index (χ0) is 23.3. The Labute approximate surface area is 204 Å². The predicted octanol–water partition coefficient (Wildman–Crippen LogP) is 7.22. The third-order valence-corrected chi connectivity index (χ3v) is 8.42. The van der Waals surface area contributed by atoms with Crippen LogP contribution in [0.25, 0.3) is 10.9 Å². The van der Waals surface area contributed by atoms with E-state index in [2.05, 4.69) is 65.4 Å². The monoisotopic (exact) mass is 456 g/mol. The molecule has 1 heterocycles. The molecule has 0 bridgehead atoms. The lowest BCUT2D eigenvalue weighted by molar-refractivity contribution is -0.120. The van der Waals surface area contributed by atoms with Crippen molar-refractivity contribution in [3.05, 3.63) is 71.9 Å². The van der Waals surface area contributed by atoms with Crippen LogP contribution in [0, 0.1) is 11.8 Å². The fraction of sp³-hybridized carbons (Fsp3) is 0.516. The number of benzene rings is 2. The zero-order valence-corrected chi connectivity index (χ0v) is 20.5. The van der Waals surface area contributed by atoms with Gasteiger partial charge in [-0.2, -0.15) is 0 Å². The number of hydrogen-bond donors (Lipinski definition) is 1. The van der Waals surface area contributed by atoms with E-state index < -0.39 is 0 Å². The van der Waals surface area contributed by atoms with E-state index in [0.29, 0.717) is 30.6 Å². The second-order valence-corrected chi connectivity index (χ2v) is 10.9. The third-order valence-electron chi connectivity index (χ3n) is 8.42. The summed E-state index contributed by atoms with van der Waals surface area (Å²) in [4.78, 5) is 13.4. The maximum Gasteiger partial charge on any atom is 0.134 e. The Morgan fingerprint density at radius 1 is 0.853 bits per heavy atom. The summed E-state index contributed by atoms with van der Waals surface area (Å²) in [6, 6.07) is 19.8. The molecule has 0 saturated heterocycles. The molecule has 2 aliphatic carbocycles. The van der Waals surface area contributed by atoms with Gasteiger partial charge in [0.05, 0.1) is 0 Å². The zero-order valence-electron chi connectivity index (χ0n) is 20.5. The molecule has 1 atom stereocenters. The van der Waals surface area contributed by atoms with E-state index in [1.54, 1.807) is 0 Å². The normalized spacial score (nSPS) is 22.6. The van der Waals surface area contributed by atoms with Crippen LogP contribution < -0.4 is 5.73 Å². The Morgan fingerprint density at radius 2 is 1.56 bits per heavy atom. The van der Waals surface area contributed by atoms with E-state index in [-0.39, 0.29) is 5.92 Å². The van der Waals surface area contributed by atoms with Gasteiger partial charge in [0.2, 0.25) is 0 Å². The molecule has 2 fully saturated rings. The number of rotatable bonds is 8. The van der Waals surface area contributed by atoms with Gasteiger partial charge in [-0.1, -0.05) is 67.8 Å². The summed E-state index contributed by atoms with van der Waals surface area (Å²) in [5, 5.41) is 1.31. The molecule has 180 valence electrons. The van der Waals surface area contributed by atoms with Gasteiger partial charge in [-0.15, -0.1) is 0 Å². The van der Waals surface area contributed by atoms with Crippen molar-refractivity contribution in [1.29, 1.82) is 0 Å². The molecular formula is C31H40N2O. The van der Waals surface area contributed by atoms with Gasteiger partial charge in [-0.3, -0.25) is 4.79 Å². The van der Waals surface area contributed by atoms with Crippen LogP contribution in [0.5, 0.6) is 0 Å². The average molecular weight is 457 g/mol. The number of nitrogens with zero attached hydrogens (tertiary/aromatic N) is 1. The lowest BCUT2D eigenvalue weighted by Gasteiger charge is -2.26. The van der Waals surface area contributed by atoms with Crippen LogP contribution in [0.2, 0.25) is 0 Å². The molecule has 34 heavy (non-hydrogen) atoms. The molecule has 0 amide bonds. The van der Waals surface area contributed by atoms with Crippen molar-refractivity contribution in [2.45, 2.75) is 89.1 Å². The second kappa shape index (κ2) is 10.9. The van der Waals surface area contributed by atoms with Gasteiger partial charge in [-0.05, 0) is 67.6 Å². The highest BCUT2D eigenvalue weighted by Gasteiger charge is 2.26. The molecule has 0 spiro atoms. The van der Waals surface area contributed by atoms with E-state index in [4.69, 9.17) is 5.73 Å². The van der Waals surface area contributed by atoms with Crippen molar-refractivity contribution in [3.63, 3.8) is 0 Å². The van der Waals surface area contributed by atoms with Crippen molar-refractivity contribution < 1.29 is 4.79 Å². The van der Waals surface area contributed by atoms with Gasteiger partial charge in [0.1, 0.15) is 5.78 Å². The number of para-hydroxylation sites is 1. The molecule has 2 aliphatic rings. The first-order chi connectivity index (χ1) is 16.7. The van der Waals surface area contributed by atoms with Crippen LogP contribution in [0.15, 0.2) is 60.8 Å². The fourth-order valence-electron chi connectivity index (χ4n) is 6.47. The minimum atomic E-state index is 0.108. The number of carbonyl (C=O) groups is 1. The predicted molar refractivity (Wildman–Crippen MR) is 141 cm³/mol. The first-order valence-corrected chi connectivity index (χ1v) is 13.6. The van der Waals surface area contributed by atoms with Gasteiger partial charge in [0.25, 0.3) is 0 Å². The van der Waals surface area contributed by atoms with Gasteiger partial charge in [0.15, 0.2) is 0 Å². The standard InChI is InChI=1S/C31H40N2O/c32-26-17-15-23(16-18-26)19-27(34)20-29(25-11-5-2-6-12-25)30-22-33(21-24-9-3-1-4-10-24)31-14-8-7-13-28(30)31/h2,5-8,11-14,22-24,26,29H,1,3-4,9-10,15-21,32H2. The average Bonchev–Trinajstić information content (AvgIpc) is 3.23. The van der Waals surface area contributed by atoms with Crippen LogP contribution in [-0.4, -0.2) is 16.4 Å². The summed E-state index contributed by atoms with van der Waals surface area (Å²) < 4.78 is 2.49. The van der Waals surface area contributed by atoms with E-state index in [9.17, 15) is 4.79 Å². The van der Waals surface area contributed by atoms with E-state index in [1.807, 2.05) is 0 Å². The van der Waals surface area contributed by atoms with Crippen LogP contribution in [0.3, 0.4) is 0 Å².